The molecule has 28 heavy (non-hydrogen) atoms. The molecule has 1 aliphatic rings. The number of halogens is 4. The lowest BCUT2D eigenvalue weighted by Gasteiger charge is -2.25. The van der Waals surface area contributed by atoms with Gasteiger partial charge in [0.15, 0.2) is 0 Å². The second-order valence-corrected chi connectivity index (χ2v) is 6.31. The largest absolute Gasteiger partial charge is 0.471 e. The van der Waals surface area contributed by atoms with E-state index in [1.807, 2.05) is 0 Å². The first-order chi connectivity index (χ1) is 13.3. The van der Waals surface area contributed by atoms with Gasteiger partial charge in [0, 0.05) is 12.0 Å². The number of alkyl halides is 3. The van der Waals surface area contributed by atoms with E-state index in [0.717, 1.165) is 5.56 Å². The van der Waals surface area contributed by atoms with Crippen LogP contribution in [0.25, 0.3) is 11.4 Å². The molecule has 0 spiro atoms. The molecule has 1 fully saturated rings. The summed E-state index contributed by atoms with van der Waals surface area (Å²) in [6.45, 7) is 0. The normalized spacial score (nSPS) is 17.4. The Bertz CT molecular complexity index is 1010. The monoisotopic (exact) mass is 391 g/mol. The fourth-order valence-corrected chi connectivity index (χ4v) is 3.26. The number of para-hydroxylation sites is 1. The fourth-order valence-electron chi connectivity index (χ4n) is 3.26. The highest BCUT2D eigenvalue weighted by atomic mass is 19.4. The number of hydrogen-bond donors (Lipinski definition) is 0. The molecule has 1 aliphatic heterocycles. The van der Waals surface area contributed by atoms with Gasteiger partial charge in [-0.3, -0.25) is 4.79 Å². The van der Waals surface area contributed by atoms with Crippen LogP contribution in [0.5, 0.6) is 0 Å². The van der Waals surface area contributed by atoms with Gasteiger partial charge in [-0.2, -0.15) is 18.2 Å². The van der Waals surface area contributed by atoms with Gasteiger partial charge < -0.3 is 9.42 Å². The van der Waals surface area contributed by atoms with Crippen LogP contribution in [0.3, 0.4) is 0 Å². The number of benzene rings is 2. The van der Waals surface area contributed by atoms with Crippen LogP contribution >= 0.6 is 0 Å². The van der Waals surface area contributed by atoms with Crippen molar-refractivity contribution in [1.29, 1.82) is 0 Å². The third kappa shape index (κ3) is 3.23. The van der Waals surface area contributed by atoms with Gasteiger partial charge >= 0.3 is 12.1 Å². The standard InChI is InChI=1S/C19H13F4N3O2/c20-13-3-1-2-4-15(13)26-14(9-10-16(26)27)11-5-7-12(8-6-11)17-24-18(28-25-17)19(21,22)23/h1-8,14H,9-10H2. The van der Waals surface area contributed by atoms with Crippen LogP contribution in [0.2, 0.25) is 0 Å². The molecule has 1 amide bonds. The van der Waals surface area contributed by atoms with Crippen molar-refractivity contribution < 1.29 is 26.9 Å². The van der Waals surface area contributed by atoms with Crippen LogP contribution in [0.1, 0.15) is 30.3 Å². The molecule has 144 valence electrons. The Balaban J connectivity index is 1.62. The second kappa shape index (κ2) is 6.74. The summed E-state index contributed by atoms with van der Waals surface area (Å²) in [6, 6.07) is 12.1. The van der Waals surface area contributed by atoms with Gasteiger partial charge in [-0.15, -0.1) is 0 Å². The molecule has 2 heterocycles. The highest BCUT2D eigenvalue weighted by Gasteiger charge is 2.38. The average molecular weight is 391 g/mol. The highest BCUT2D eigenvalue weighted by molar-refractivity contribution is 5.96. The van der Waals surface area contributed by atoms with Crippen molar-refractivity contribution in [3.63, 3.8) is 0 Å². The topological polar surface area (TPSA) is 59.2 Å². The lowest BCUT2D eigenvalue weighted by Crippen LogP contribution is -2.28. The molecule has 0 N–H and O–H groups in total. The van der Waals surface area contributed by atoms with Crippen LogP contribution in [0.4, 0.5) is 23.2 Å². The van der Waals surface area contributed by atoms with Gasteiger partial charge in [-0.1, -0.05) is 41.6 Å². The third-order valence-electron chi connectivity index (χ3n) is 4.55. The zero-order chi connectivity index (χ0) is 19.9. The molecule has 0 saturated carbocycles. The van der Waals surface area contributed by atoms with E-state index in [1.165, 1.54) is 17.0 Å². The van der Waals surface area contributed by atoms with Crippen molar-refractivity contribution in [3.8, 4) is 11.4 Å². The van der Waals surface area contributed by atoms with Crippen LogP contribution < -0.4 is 4.90 Å². The smallest absolute Gasteiger partial charge is 0.329 e. The molecule has 0 bridgehead atoms. The molecule has 2 aromatic carbocycles. The third-order valence-corrected chi connectivity index (χ3v) is 4.55. The van der Waals surface area contributed by atoms with E-state index >= 15 is 0 Å². The number of amides is 1. The van der Waals surface area contributed by atoms with Gasteiger partial charge in [0.25, 0.3) is 0 Å². The summed E-state index contributed by atoms with van der Waals surface area (Å²) < 4.78 is 56.2. The van der Waals surface area contributed by atoms with Crippen molar-refractivity contribution in [2.24, 2.45) is 0 Å². The summed E-state index contributed by atoms with van der Waals surface area (Å²) in [5, 5.41) is 3.35. The minimum Gasteiger partial charge on any atom is -0.329 e. The van der Waals surface area contributed by atoms with Gasteiger partial charge in [0.1, 0.15) is 5.82 Å². The quantitative estimate of drug-likeness (QED) is 0.604. The first kappa shape index (κ1) is 18.1. The number of nitrogens with zero attached hydrogens (tertiary/aromatic N) is 3. The molecular weight excluding hydrogens is 378 g/mol. The van der Waals surface area contributed by atoms with Crippen molar-refractivity contribution in [2.75, 3.05) is 4.90 Å². The number of carbonyl (C=O) groups is 1. The summed E-state index contributed by atoms with van der Waals surface area (Å²) in [5.74, 6) is -2.29. The first-order valence-electron chi connectivity index (χ1n) is 8.42. The molecular formula is C19H13F4N3O2. The maximum atomic E-state index is 14.2. The van der Waals surface area contributed by atoms with Gasteiger partial charge in [0.2, 0.25) is 11.7 Å². The SMILES string of the molecule is O=C1CCC(c2ccc(-c3noc(C(F)(F)F)n3)cc2)N1c1ccccc1F. The zero-order valence-corrected chi connectivity index (χ0v) is 14.3. The van der Waals surface area contributed by atoms with E-state index in [4.69, 9.17) is 0 Å². The van der Waals surface area contributed by atoms with E-state index in [-0.39, 0.29) is 29.9 Å². The summed E-state index contributed by atoms with van der Waals surface area (Å²) in [5.41, 5.74) is 1.27. The van der Waals surface area contributed by atoms with E-state index < -0.39 is 17.9 Å². The molecule has 1 unspecified atom stereocenters. The van der Waals surface area contributed by atoms with Crippen LogP contribution in [0.15, 0.2) is 53.1 Å². The predicted octanol–water partition coefficient (Wildman–Crippen LogP) is 4.76. The molecule has 1 atom stereocenters. The maximum absolute atomic E-state index is 14.2. The molecule has 1 aromatic heterocycles. The number of carbonyl (C=O) groups excluding carboxylic acids is 1. The summed E-state index contributed by atoms with van der Waals surface area (Å²) in [7, 11) is 0. The van der Waals surface area contributed by atoms with E-state index in [2.05, 4.69) is 14.7 Å². The molecule has 5 nitrogen and oxygen atoms in total. The minimum absolute atomic E-state index is 0.188. The molecule has 4 rings (SSSR count). The summed E-state index contributed by atoms with van der Waals surface area (Å²) >= 11 is 0. The van der Waals surface area contributed by atoms with E-state index in [0.29, 0.717) is 12.0 Å². The van der Waals surface area contributed by atoms with Crippen molar-refractivity contribution in [2.45, 2.75) is 25.1 Å². The highest BCUT2D eigenvalue weighted by Crippen LogP contribution is 2.38. The lowest BCUT2D eigenvalue weighted by molar-refractivity contribution is -0.159. The van der Waals surface area contributed by atoms with Crippen LogP contribution in [-0.4, -0.2) is 16.0 Å². The van der Waals surface area contributed by atoms with Crippen molar-refractivity contribution in [1.82, 2.24) is 10.1 Å². The van der Waals surface area contributed by atoms with Gasteiger partial charge in [-0.05, 0) is 24.1 Å². The summed E-state index contributed by atoms with van der Waals surface area (Å²) in [4.78, 5) is 17.1. The van der Waals surface area contributed by atoms with E-state index in [1.54, 1.807) is 36.4 Å². The second-order valence-electron chi connectivity index (χ2n) is 6.31. The number of hydrogen-bond acceptors (Lipinski definition) is 4. The van der Waals surface area contributed by atoms with Crippen LogP contribution in [0, 0.1) is 5.82 Å². The average Bonchev–Trinajstić information content (AvgIpc) is 3.30. The molecule has 3 aromatic rings. The van der Waals surface area contributed by atoms with Crippen molar-refractivity contribution in [3.05, 3.63) is 65.8 Å². The Labute approximate surface area is 156 Å². The number of rotatable bonds is 3. The molecule has 0 aliphatic carbocycles. The Kier molecular flexibility index (Phi) is 4.37. The van der Waals surface area contributed by atoms with Gasteiger partial charge in [0.05, 0.1) is 11.7 Å². The predicted molar refractivity (Wildman–Crippen MR) is 90.6 cm³/mol. The Morgan fingerprint density at radius 3 is 2.43 bits per heavy atom. The molecule has 1 saturated heterocycles. The van der Waals surface area contributed by atoms with Crippen molar-refractivity contribution >= 4 is 11.6 Å². The van der Waals surface area contributed by atoms with Gasteiger partial charge in [-0.25, -0.2) is 4.39 Å². The Morgan fingerprint density at radius 2 is 1.79 bits per heavy atom. The molecule has 9 heteroatoms. The number of aromatic nitrogens is 2. The molecule has 0 radical (unpaired) electrons. The number of anilines is 1. The maximum Gasteiger partial charge on any atom is 0.471 e. The Hall–Kier alpha value is -3.23. The van der Waals surface area contributed by atoms with Crippen LogP contribution in [-0.2, 0) is 11.0 Å². The minimum atomic E-state index is -4.71. The summed E-state index contributed by atoms with van der Waals surface area (Å²) in [6.07, 6.45) is -3.93. The zero-order valence-electron chi connectivity index (χ0n) is 14.3. The van der Waals surface area contributed by atoms with E-state index in [9.17, 15) is 22.4 Å². The fraction of sp³-hybridized carbons (Fsp3) is 0.211. The Morgan fingerprint density at radius 1 is 1.07 bits per heavy atom. The lowest BCUT2D eigenvalue weighted by atomic mass is 10.0. The first-order valence-corrected chi connectivity index (χ1v) is 8.42.